The number of nitrogens with zero attached hydrogens (tertiary/aromatic N) is 1. The van der Waals surface area contributed by atoms with Gasteiger partial charge in [-0.2, -0.15) is 0 Å². The number of carboxylic acid groups (broad SMARTS) is 1. The maximum absolute atomic E-state index is 10.4. The molecule has 2 aromatic rings. The predicted molar refractivity (Wildman–Crippen MR) is 62.2 cm³/mol. The van der Waals surface area contributed by atoms with Crippen LogP contribution in [0.3, 0.4) is 0 Å². The van der Waals surface area contributed by atoms with E-state index >= 15 is 0 Å². The molecule has 0 fully saturated rings. The molecule has 1 aromatic carbocycles. The van der Waals surface area contributed by atoms with Gasteiger partial charge < -0.3 is 5.11 Å². The molecule has 0 amide bonds. The number of hydrogen-bond donors (Lipinski definition) is 1. The van der Waals surface area contributed by atoms with Crippen molar-refractivity contribution in [1.29, 1.82) is 0 Å². The summed E-state index contributed by atoms with van der Waals surface area (Å²) in [5.41, 5.74) is 2.02. The number of pyridine rings is 1. The van der Waals surface area contributed by atoms with Crippen LogP contribution in [0.15, 0.2) is 48.7 Å². The Labute approximate surface area is 93.1 Å². The minimum Gasteiger partial charge on any atom is -0.478 e. The van der Waals surface area contributed by atoms with E-state index < -0.39 is 5.97 Å². The molecule has 0 atom stereocenters. The summed E-state index contributed by atoms with van der Waals surface area (Å²) in [6.07, 6.45) is 5.15. The monoisotopic (exact) mass is 213 g/mol. The normalized spacial score (nSPS) is 11.0. The van der Waals surface area contributed by atoms with Crippen LogP contribution in [-0.2, 0) is 11.2 Å². The quantitative estimate of drug-likeness (QED) is 0.796. The second-order valence-corrected chi connectivity index (χ2v) is 3.43. The molecule has 3 heteroatoms. The lowest BCUT2D eigenvalue weighted by Crippen LogP contribution is -1.89. The van der Waals surface area contributed by atoms with Gasteiger partial charge in [-0.25, -0.2) is 4.79 Å². The van der Waals surface area contributed by atoms with E-state index in [0.717, 1.165) is 22.5 Å². The molecule has 0 bridgehead atoms. The summed E-state index contributed by atoms with van der Waals surface area (Å²) in [5.74, 6) is -0.918. The third-order valence-electron chi connectivity index (χ3n) is 2.34. The molecule has 16 heavy (non-hydrogen) atoms. The molecule has 80 valence electrons. The van der Waals surface area contributed by atoms with E-state index in [1.165, 1.54) is 0 Å². The third-order valence-corrected chi connectivity index (χ3v) is 2.34. The first kappa shape index (κ1) is 10.4. The fraction of sp³-hybridized carbons (Fsp3) is 0.0769. The van der Waals surface area contributed by atoms with Crippen molar-refractivity contribution < 1.29 is 9.90 Å². The van der Waals surface area contributed by atoms with Gasteiger partial charge in [0.05, 0.1) is 5.52 Å². The van der Waals surface area contributed by atoms with E-state index in [4.69, 9.17) is 5.11 Å². The van der Waals surface area contributed by atoms with Crippen molar-refractivity contribution in [3.8, 4) is 0 Å². The van der Waals surface area contributed by atoms with Crippen LogP contribution in [0, 0.1) is 0 Å². The summed E-state index contributed by atoms with van der Waals surface area (Å²) in [5, 5.41) is 9.58. The zero-order chi connectivity index (χ0) is 11.4. The first-order valence-electron chi connectivity index (χ1n) is 4.99. The molecule has 0 aliphatic heterocycles. The second kappa shape index (κ2) is 4.57. The molecule has 0 saturated heterocycles. The van der Waals surface area contributed by atoms with Gasteiger partial charge in [-0.15, -0.1) is 0 Å². The first-order valence-corrected chi connectivity index (χ1v) is 4.99. The molecule has 1 heterocycles. The van der Waals surface area contributed by atoms with Crippen molar-refractivity contribution in [2.45, 2.75) is 6.42 Å². The number of aromatic nitrogens is 1. The molecular weight excluding hydrogens is 202 g/mol. The fourth-order valence-electron chi connectivity index (χ4n) is 1.62. The third kappa shape index (κ3) is 2.25. The lowest BCUT2D eigenvalue weighted by molar-refractivity contribution is -0.131. The Kier molecular flexibility index (Phi) is 2.96. The molecule has 0 aliphatic rings. The summed E-state index contributed by atoms with van der Waals surface area (Å²) in [6.45, 7) is 0. The van der Waals surface area contributed by atoms with Crippen molar-refractivity contribution in [2.24, 2.45) is 0 Å². The highest BCUT2D eigenvalue weighted by atomic mass is 16.4. The molecule has 2 rings (SSSR count). The Hall–Kier alpha value is -2.16. The number of rotatable bonds is 3. The van der Waals surface area contributed by atoms with Crippen molar-refractivity contribution in [3.63, 3.8) is 0 Å². The van der Waals surface area contributed by atoms with Crippen molar-refractivity contribution in [2.75, 3.05) is 0 Å². The van der Waals surface area contributed by atoms with Gasteiger partial charge in [0.15, 0.2) is 0 Å². The summed E-state index contributed by atoms with van der Waals surface area (Å²) < 4.78 is 0. The number of aliphatic carboxylic acids is 1. The molecule has 1 N–H and O–H groups in total. The van der Waals surface area contributed by atoms with E-state index in [1.54, 1.807) is 12.3 Å². The van der Waals surface area contributed by atoms with Crippen LogP contribution in [-0.4, -0.2) is 16.1 Å². The number of para-hydroxylation sites is 1. The van der Waals surface area contributed by atoms with E-state index in [2.05, 4.69) is 4.98 Å². The molecule has 1 aromatic heterocycles. The maximum Gasteiger partial charge on any atom is 0.327 e. The van der Waals surface area contributed by atoms with Crippen LogP contribution >= 0.6 is 0 Å². The Morgan fingerprint density at radius 3 is 2.94 bits per heavy atom. The van der Waals surface area contributed by atoms with Crippen molar-refractivity contribution >= 4 is 16.9 Å². The topological polar surface area (TPSA) is 50.2 Å². The lowest BCUT2D eigenvalue weighted by Gasteiger charge is -2.02. The molecule has 0 spiro atoms. The van der Waals surface area contributed by atoms with Crippen LogP contribution in [0.2, 0.25) is 0 Å². The number of carboxylic acids is 1. The van der Waals surface area contributed by atoms with Crippen molar-refractivity contribution in [3.05, 3.63) is 54.2 Å². The summed E-state index contributed by atoms with van der Waals surface area (Å²) in [6, 6.07) is 9.74. The summed E-state index contributed by atoms with van der Waals surface area (Å²) >= 11 is 0. The smallest absolute Gasteiger partial charge is 0.327 e. The number of allylic oxidation sites excluding steroid dienone is 1. The van der Waals surface area contributed by atoms with E-state index in [1.807, 2.05) is 30.3 Å². The molecular formula is C13H11NO2. The van der Waals surface area contributed by atoms with Gasteiger partial charge in [0.25, 0.3) is 0 Å². The number of carbonyl (C=O) groups is 1. The standard InChI is InChI=1S/C13H11NO2/c15-13(16)7-3-4-10-8-9-14-12-6-2-1-5-11(10)12/h1-3,5-9H,4H2,(H,15,16). The zero-order valence-corrected chi connectivity index (χ0v) is 8.63. The van der Waals surface area contributed by atoms with Crippen LogP contribution in [0.5, 0.6) is 0 Å². The van der Waals surface area contributed by atoms with Crippen LogP contribution in [0.4, 0.5) is 0 Å². The Bertz CT molecular complexity index is 541. The number of hydrogen-bond acceptors (Lipinski definition) is 2. The Morgan fingerprint density at radius 1 is 1.31 bits per heavy atom. The maximum atomic E-state index is 10.4. The van der Waals surface area contributed by atoms with E-state index in [-0.39, 0.29) is 0 Å². The number of benzene rings is 1. The van der Waals surface area contributed by atoms with Crippen LogP contribution in [0.1, 0.15) is 5.56 Å². The average molecular weight is 213 g/mol. The molecule has 3 nitrogen and oxygen atoms in total. The predicted octanol–water partition coefficient (Wildman–Crippen LogP) is 2.42. The summed E-state index contributed by atoms with van der Waals surface area (Å²) in [7, 11) is 0. The minimum atomic E-state index is -0.918. The SMILES string of the molecule is O=C(O)C=CCc1ccnc2ccccc12. The average Bonchev–Trinajstić information content (AvgIpc) is 2.29. The van der Waals surface area contributed by atoms with Gasteiger partial charge in [-0.05, 0) is 24.1 Å². The summed E-state index contributed by atoms with van der Waals surface area (Å²) in [4.78, 5) is 14.6. The van der Waals surface area contributed by atoms with Gasteiger partial charge in [0, 0.05) is 17.7 Å². The highest BCUT2D eigenvalue weighted by molar-refractivity contribution is 5.82. The highest BCUT2D eigenvalue weighted by Gasteiger charge is 1.99. The minimum absolute atomic E-state index is 0.606. The lowest BCUT2D eigenvalue weighted by atomic mass is 10.1. The molecule has 0 unspecified atom stereocenters. The van der Waals surface area contributed by atoms with Crippen LogP contribution in [0.25, 0.3) is 10.9 Å². The van der Waals surface area contributed by atoms with Crippen molar-refractivity contribution in [1.82, 2.24) is 4.98 Å². The zero-order valence-electron chi connectivity index (χ0n) is 8.63. The molecule has 0 saturated carbocycles. The second-order valence-electron chi connectivity index (χ2n) is 3.43. The van der Waals surface area contributed by atoms with Gasteiger partial charge in [-0.1, -0.05) is 24.3 Å². The molecule has 0 aliphatic carbocycles. The van der Waals surface area contributed by atoms with E-state index in [9.17, 15) is 4.79 Å². The van der Waals surface area contributed by atoms with Crippen LogP contribution < -0.4 is 0 Å². The van der Waals surface area contributed by atoms with E-state index in [0.29, 0.717) is 6.42 Å². The number of fused-ring (bicyclic) bond motifs is 1. The largest absolute Gasteiger partial charge is 0.478 e. The van der Waals surface area contributed by atoms with Gasteiger partial charge >= 0.3 is 5.97 Å². The highest BCUT2D eigenvalue weighted by Crippen LogP contribution is 2.16. The van der Waals surface area contributed by atoms with Gasteiger partial charge in [-0.3, -0.25) is 4.98 Å². The van der Waals surface area contributed by atoms with Gasteiger partial charge in [0.1, 0.15) is 0 Å². The molecule has 0 radical (unpaired) electrons. The Morgan fingerprint density at radius 2 is 2.12 bits per heavy atom. The Balaban J connectivity index is 2.34. The van der Waals surface area contributed by atoms with Gasteiger partial charge in [0.2, 0.25) is 0 Å². The fourth-order valence-corrected chi connectivity index (χ4v) is 1.62. The first-order chi connectivity index (χ1) is 7.77.